The molecule has 1 aliphatic rings. The average molecular weight is 421 g/mol. The number of hydrogen-bond acceptors (Lipinski definition) is 6. The van der Waals surface area contributed by atoms with E-state index < -0.39 is 5.91 Å². The van der Waals surface area contributed by atoms with Gasteiger partial charge < -0.3 is 14.6 Å². The van der Waals surface area contributed by atoms with E-state index in [-0.39, 0.29) is 29.0 Å². The van der Waals surface area contributed by atoms with E-state index in [0.29, 0.717) is 17.1 Å². The topological polar surface area (TPSA) is 76.1 Å². The van der Waals surface area contributed by atoms with Crippen LogP contribution in [0.3, 0.4) is 0 Å². The molecule has 0 saturated carbocycles. The lowest BCUT2D eigenvalue weighted by atomic mass is 10.1. The van der Waals surface area contributed by atoms with Crippen LogP contribution in [0.4, 0.5) is 4.79 Å². The van der Waals surface area contributed by atoms with E-state index in [1.807, 2.05) is 42.5 Å². The Morgan fingerprint density at radius 2 is 1.87 bits per heavy atom. The maximum absolute atomic E-state index is 12.7. The molecule has 0 radical (unpaired) electrons. The molecule has 1 N–H and O–H groups in total. The first-order chi connectivity index (χ1) is 14.6. The second kappa shape index (κ2) is 8.51. The third kappa shape index (κ3) is 3.97. The molecule has 0 aromatic heterocycles. The highest BCUT2D eigenvalue weighted by molar-refractivity contribution is 8.18. The lowest BCUT2D eigenvalue weighted by molar-refractivity contribution is -0.123. The van der Waals surface area contributed by atoms with Crippen molar-refractivity contribution in [3.63, 3.8) is 0 Å². The molecule has 30 heavy (non-hydrogen) atoms. The minimum absolute atomic E-state index is 0.00175. The number of amides is 2. The summed E-state index contributed by atoms with van der Waals surface area (Å²) in [6.07, 6.45) is 1.49. The summed E-state index contributed by atoms with van der Waals surface area (Å²) in [7, 11) is 1.51. The van der Waals surface area contributed by atoms with E-state index in [1.54, 1.807) is 12.1 Å². The van der Waals surface area contributed by atoms with E-state index in [2.05, 4.69) is 0 Å². The zero-order chi connectivity index (χ0) is 21.1. The van der Waals surface area contributed by atoms with Gasteiger partial charge in [-0.3, -0.25) is 14.5 Å². The van der Waals surface area contributed by atoms with Crippen molar-refractivity contribution in [1.29, 1.82) is 0 Å². The smallest absolute Gasteiger partial charge is 0.293 e. The predicted octanol–water partition coefficient (Wildman–Crippen LogP) is 4.67. The van der Waals surface area contributed by atoms with E-state index in [4.69, 9.17) is 9.47 Å². The highest BCUT2D eigenvalue weighted by Gasteiger charge is 2.35. The monoisotopic (exact) mass is 421 g/mol. The van der Waals surface area contributed by atoms with Crippen molar-refractivity contribution in [2.24, 2.45) is 0 Å². The number of fused-ring (bicyclic) bond motifs is 1. The van der Waals surface area contributed by atoms with Crippen molar-refractivity contribution >= 4 is 39.8 Å². The first-order valence-electron chi connectivity index (χ1n) is 9.30. The Kier molecular flexibility index (Phi) is 5.63. The molecule has 0 atom stereocenters. The van der Waals surface area contributed by atoms with Crippen LogP contribution < -0.4 is 9.47 Å². The maximum Gasteiger partial charge on any atom is 0.293 e. The van der Waals surface area contributed by atoms with Gasteiger partial charge >= 0.3 is 0 Å². The number of imide groups is 1. The molecule has 0 aliphatic carbocycles. The van der Waals surface area contributed by atoms with Crippen LogP contribution >= 0.6 is 11.8 Å². The molecule has 6 nitrogen and oxygen atoms in total. The van der Waals surface area contributed by atoms with Crippen LogP contribution in [0.1, 0.15) is 5.56 Å². The van der Waals surface area contributed by atoms with E-state index in [9.17, 15) is 14.7 Å². The minimum atomic E-state index is -0.409. The predicted molar refractivity (Wildman–Crippen MR) is 117 cm³/mol. The Balaban J connectivity index is 1.46. The third-order valence-corrected chi connectivity index (χ3v) is 5.62. The third-order valence-electron chi connectivity index (χ3n) is 4.72. The van der Waals surface area contributed by atoms with Gasteiger partial charge in [0.1, 0.15) is 23.9 Å². The molecule has 0 unspecified atom stereocenters. The molecule has 1 heterocycles. The number of rotatable bonds is 6. The quantitative estimate of drug-likeness (QED) is 0.583. The van der Waals surface area contributed by atoms with Crippen molar-refractivity contribution in [2.75, 3.05) is 20.3 Å². The summed E-state index contributed by atoms with van der Waals surface area (Å²) in [5.74, 6) is 0.842. The summed E-state index contributed by atoms with van der Waals surface area (Å²) >= 11 is 0.839. The molecule has 0 spiro atoms. The largest absolute Gasteiger partial charge is 0.507 e. The summed E-state index contributed by atoms with van der Waals surface area (Å²) in [5, 5.41) is 11.7. The highest BCUT2D eigenvalue weighted by atomic mass is 32.2. The van der Waals surface area contributed by atoms with Crippen molar-refractivity contribution in [2.45, 2.75) is 0 Å². The van der Waals surface area contributed by atoms with Gasteiger partial charge in [-0.15, -0.1) is 0 Å². The Bertz CT molecular complexity index is 1150. The molecular weight excluding hydrogens is 402 g/mol. The Hall–Kier alpha value is -3.45. The molecule has 2 amide bonds. The number of hydrogen-bond donors (Lipinski definition) is 1. The normalized spacial score (nSPS) is 15.2. The SMILES string of the molecule is COc1ccc(O)c(/C=C2\SC(=O)N(CCOc3cccc4ccccc34)C2=O)c1. The highest BCUT2D eigenvalue weighted by Crippen LogP contribution is 2.34. The number of aromatic hydroxyl groups is 1. The molecule has 0 bridgehead atoms. The molecular formula is C23H19NO5S. The van der Waals surface area contributed by atoms with Crippen LogP contribution in [0.25, 0.3) is 16.8 Å². The Labute approximate surface area is 177 Å². The van der Waals surface area contributed by atoms with Gasteiger partial charge in [0.25, 0.3) is 11.1 Å². The van der Waals surface area contributed by atoms with Crippen molar-refractivity contribution < 1.29 is 24.2 Å². The molecule has 7 heteroatoms. The molecule has 1 fully saturated rings. The van der Waals surface area contributed by atoms with Gasteiger partial charge in [-0.05, 0) is 47.5 Å². The van der Waals surface area contributed by atoms with Gasteiger partial charge in [-0.2, -0.15) is 0 Å². The van der Waals surface area contributed by atoms with Crippen LogP contribution in [-0.2, 0) is 4.79 Å². The number of phenols is 1. The number of ether oxygens (including phenoxy) is 2. The minimum Gasteiger partial charge on any atom is -0.507 e. The molecule has 152 valence electrons. The lowest BCUT2D eigenvalue weighted by Crippen LogP contribution is -2.32. The van der Waals surface area contributed by atoms with Gasteiger partial charge in [0.15, 0.2) is 0 Å². The summed E-state index contributed by atoms with van der Waals surface area (Å²) in [5.41, 5.74) is 0.409. The zero-order valence-corrected chi connectivity index (χ0v) is 17.0. The summed E-state index contributed by atoms with van der Waals surface area (Å²) in [4.78, 5) is 26.4. The van der Waals surface area contributed by atoms with Gasteiger partial charge in [0.05, 0.1) is 18.6 Å². The van der Waals surface area contributed by atoms with Crippen molar-refractivity contribution in [3.05, 3.63) is 71.1 Å². The second-order valence-corrected chi connectivity index (χ2v) is 7.58. The van der Waals surface area contributed by atoms with E-state index in [0.717, 1.165) is 27.4 Å². The molecule has 1 aliphatic heterocycles. The number of carbonyl (C=O) groups excluding carboxylic acids is 2. The van der Waals surface area contributed by atoms with Crippen molar-refractivity contribution in [3.8, 4) is 17.2 Å². The molecule has 4 rings (SSSR count). The standard InChI is InChI=1S/C23H19NO5S/c1-28-17-9-10-19(25)16(13-17)14-21-22(26)24(23(27)30-21)11-12-29-20-8-4-6-15-5-2-3-7-18(15)20/h2-10,13-14,25H,11-12H2,1H3/b21-14-. The maximum atomic E-state index is 12.7. The van der Waals surface area contributed by atoms with E-state index in [1.165, 1.54) is 19.3 Å². The first-order valence-corrected chi connectivity index (χ1v) is 10.1. The fourth-order valence-electron chi connectivity index (χ4n) is 3.18. The average Bonchev–Trinajstić information content (AvgIpc) is 3.02. The number of thioether (sulfide) groups is 1. The molecule has 3 aromatic rings. The van der Waals surface area contributed by atoms with Gasteiger partial charge in [0, 0.05) is 10.9 Å². The number of nitrogens with zero attached hydrogens (tertiary/aromatic N) is 1. The number of benzene rings is 3. The van der Waals surface area contributed by atoms with E-state index >= 15 is 0 Å². The van der Waals surface area contributed by atoms with Gasteiger partial charge in [-0.25, -0.2) is 0 Å². The van der Waals surface area contributed by atoms with Gasteiger partial charge in [-0.1, -0.05) is 36.4 Å². The lowest BCUT2D eigenvalue weighted by Gasteiger charge is -2.14. The molecule has 1 saturated heterocycles. The molecule has 3 aromatic carbocycles. The second-order valence-electron chi connectivity index (χ2n) is 6.58. The fourth-order valence-corrected chi connectivity index (χ4v) is 4.03. The van der Waals surface area contributed by atoms with Crippen LogP contribution in [0, 0.1) is 0 Å². The van der Waals surface area contributed by atoms with Gasteiger partial charge in [0.2, 0.25) is 0 Å². The summed E-state index contributed by atoms with van der Waals surface area (Å²) in [6.45, 7) is 0.319. The van der Waals surface area contributed by atoms with Crippen LogP contribution in [0.15, 0.2) is 65.6 Å². The van der Waals surface area contributed by atoms with Crippen molar-refractivity contribution in [1.82, 2.24) is 4.90 Å². The Morgan fingerprint density at radius 1 is 1.07 bits per heavy atom. The summed E-state index contributed by atoms with van der Waals surface area (Å²) in [6, 6.07) is 18.3. The first kappa shape index (κ1) is 19.8. The number of methoxy groups -OCH3 is 1. The van der Waals surface area contributed by atoms with Crippen LogP contribution in [0.2, 0.25) is 0 Å². The fraction of sp³-hybridized carbons (Fsp3) is 0.130. The summed E-state index contributed by atoms with van der Waals surface area (Å²) < 4.78 is 11.0. The Morgan fingerprint density at radius 3 is 2.70 bits per heavy atom. The zero-order valence-electron chi connectivity index (χ0n) is 16.2. The van der Waals surface area contributed by atoms with Crippen LogP contribution in [-0.4, -0.2) is 41.4 Å². The number of phenolic OH excluding ortho intramolecular Hbond substituents is 1. The van der Waals surface area contributed by atoms with Crippen LogP contribution in [0.5, 0.6) is 17.2 Å². The number of carbonyl (C=O) groups is 2.